The fraction of sp³-hybridized carbons (Fsp3) is 0.727. The molecular weight excluding hydrogens is 254 g/mol. The van der Waals surface area contributed by atoms with Crippen LogP contribution in [0.4, 0.5) is 0 Å². The van der Waals surface area contributed by atoms with Gasteiger partial charge in [0.25, 0.3) is 0 Å². The second-order valence-electron chi connectivity index (χ2n) is 4.10. The van der Waals surface area contributed by atoms with Crippen molar-refractivity contribution in [3.05, 3.63) is 16.4 Å². The Labute approximate surface area is 100 Å². The van der Waals surface area contributed by atoms with Gasteiger partial charge in [-0.15, -0.1) is 0 Å². The summed E-state index contributed by atoms with van der Waals surface area (Å²) in [5, 5.41) is 7.73. The maximum Gasteiger partial charge on any atom is 0.0635 e. The molecule has 0 unspecified atom stereocenters. The lowest BCUT2D eigenvalue weighted by Crippen LogP contribution is -2.23. The third-order valence-corrected chi connectivity index (χ3v) is 2.95. The van der Waals surface area contributed by atoms with Crippen molar-refractivity contribution >= 4 is 15.9 Å². The Morgan fingerprint density at radius 2 is 2.27 bits per heavy atom. The summed E-state index contributed by atoms with van der Waals surface area (Å²) >= 11 is 3.53. The van der Waals surface area contributed by atoms with E-state index in [-0.39, 0.29) is 0 Å². The van der Waals surface area contributed by atoms with Gasteiger partial charge in [-0.2, -0.15) is 5.10 Å². The average Bonchev–Trinajstić information content (AvgIpc) is 2.54. The van der Waals surface area contributed by atoms with Crippen LogP contribution in [0.1, 0.15) is 26.5 Å². The zero-order valence-electron chi connectivity index (χ0n) is 9.76. The van der Waals surface area contributed by atoms with Gasteiger partial charge < -0.3 is 5.32 Å². The van der Waals surface area contributed by atoms with Gasteiger partial charge in [-0.1, -0.05) is 13.8 Å². The van der Waals surface area contributed by atoms with Crippen LogP contribution in [0.5, 0.6) is 0 Å². The maximum absolute atomic E-state index is 4.29. The molecule has 0 aliphatic heterocycles. The van der Waals surface area contributed by atoms with Crippen LogP contribution in [-0.4, -0.2) is 22.9 Å². The second-order valence-corrected chi connectivity index (χ2v) is 4.96. The van der Waals surface area contributed by atoms with Crippen LogP contribution in [0.2, 0.25) is 0 Å². The zero-order valence-corrected chi connectivity index (χ0v) is 11.3. The first-order chi connectivity index (χ1) is 7.15. The van der Waals surface area contributed by atoms with Crippen LogP contribution in [0, 0.1) is 5.92 Å². The molecular formula is C11H20BrN3. The van der Waals surface area contributed by atoms with E-state index in [2.05, 4.69) is 47.1 Å². The van der Waals surface area contributed by atoms with Crippen molar-refractivity contribution in [2.24, 2.45) is 5.92 Å². The Bertz CT molecular complexity index is 294. The molecule has 0 saturated heterocycles. The van der Waals surface area contributed by atoms with E-state index < -0.39 is 0 Å². The summed E-state index contributed by atoms with van der Waals surface area (Å²) in [5.74, 6) is 0.713. The van der Waals surface area contributed by atoms with Crippen molar-refractivity contribution in [1.29, 1.82) is 0 Å². The summed E-state index contributed by atoms with van der Waals surface area (Å²) in [6.45, 7) is 9.59. The zero-order chi connectivity index (χ0) is 11.3. The third-order valence-electron chi connectivity index (χ3n) is 2.29. The van der Waals surface area contributed by atoms with E-state index in [1.807, 2.05) is 10.9 Å². The molecule has 15 heavy (non-hydrogen) atoms. The SMILES string of the molecule is CCn1ncc(Br)c1CCNCC(C)C. The molecule has 0 saturated carbocycles. The van der Waals surface area contributed by atoms with Gasteiger partial charge >= 0.3 is 0 Å². The van der Waals surface area contributed by atoms with Crippen LogP contribution in [-0.2, 0) is 13.0 Å². The van der Waals surface area contributed by atoms with Gasteiger partial charge in [-0.3, -0.25) is 4.68 Å². The van der Waals surface area contributed by atoms with Crippen molar-refractivity contribution in [2.75, 3.05) is 13.1 Å². The number of halogens is 1. The molecule has 3 nitrogen and oxygen atoms in total. The normalized spacial score (nSPS) is 11.3. The van der Waals surface area contributed by atoms with E-state index in [1.165, 1.54) is 5.69 Å². The highest BCUT2D eigenvalue weighted by Gasteiger charge is 2.06. The number of hydrogen-bond acceptors (Lipinski definition) is 2. The van der Waals surface area contributed by atoms with Crippen molar-refractivity contribution in [1.82, 2.24) is 15.1 Å². The van der Waals surface area contributed by atoms with Crippen LogP contribution in [0.25, 0.3) is 0 Å². The molecule has 0 atom stereocenters. The molecule has 0 amide bonds. The highest BCUT2D eigenvalue weighted by atomic mass is 79.9. The molecule has 1 heterocycles. The molecule has 1 N–H and O–H groups in total. The summed E-state index contributed by atoms with van der Waals surface area (Å²) in [7, 11) is 0. The minimum atomic E-state index is 0.713. The average molecular weight is 274 g/mol. The topological polar surface area (TPSA) is 29.9 Å². The summed E-state index contributed by atoms with van der Waals surface area (Å²) in [4.78, 5) is 0. The molecule has 0 spiro atoms. The predicted octanol–water partition coefficient (Wildman–Crippen LogP) is 2.45. The number of nitrogens with zero attached hydrogens (tertiary/aromatic N) is 2. The van der Waals surface area contributed by atoms with Gasteiger partial charge in [0.1, 0.15) is 0 Å². The van der Waals surface area contributed by atoms with Gasteiger partial charge in [0.05, 0.1) is 16.4 Å². The molecule has 0 aliphatic carbocycles. The lowest BCUT2D eigenvalue weighted by Gasteiger charge is -2.08. The number of aryl methyl sites for hydroxylation is 1. The highest BCUT2D eigenvalue weighted by molar-refractivity contribution is 9.10. The minimum Gasteiger partial charge on any atom is -0.316 e. The van der Waals surface area contributed by atoms with Crippen LogP contribution in [0.15, 0.2) is 10.7 Å². The standard InChI is InChI=1S/C11H20BrN3/c1-4-15-11(10(12)8-14-15)5-6-13-7-9(2)3/h8-9,13H,4-7H2,1-3H3. The van der Waals surface area contributed by atoms with Crippen molar-refractivity contribution in [3.63, 3.8) is 0 Å². The number of rotatable bonds is 6. The molecule has 0 bridgehead atoms. The third kappa shape index (κ3) is 3.95. The van der Waals surface area contributed by atoms with E-state index >= 15 is 0 Å². The summed E-state index contributed by atoms with van der Waals surface area (Å²) in [6, 6.07) is 0. The molecule has 4 heteroatoms. The first-order valence-electron chi connectivity index (χ1n) is 5.56. The van der Waals surface area contributed by atoms with Gasteiger partial charge in [0.2, 0.25) is 0 Å². The van der Waals surface area contributed by atoms with E-state index in [1.54, 1.807) is 0 Å². The first kappa shape index (κ1) is 12.7. The molecule has 1 aromatic heterocycles. The van der Waals surface area contributed by atoms with Gasteiger partial charge in [0.15, 0.2) is 0 Å². The molecule has 1 rings (SSSR count). The van der Waals surface area contributed by atoms with E-state index in [0.29, 0.717) is 5.92 Å². The molecule has 0 radical (unpaired) electrons. The monoisotopic (exact) mass is 273 g/mol. The Morgan fingerprint density at radius 3 is 2.87 bits per heavy atom. The quantitative estimate of drug-likeness (QED) is 0.807. The number of nitrogens with one attached hydrogen (secondary N) is 1. The Morgan fingerprint density at radius 1 is 1.53 bits per heavy atom. The Kier molecular flexibility index (Phi) is 5.32. The van der Waals surface area contributed by atoms with E-state index in [0.717, 1.165) is 30.5 Å². The lowest BCUT2D eigenvalue weighted by atomic mass is 10.2. The molecule has 0 aliphatic rings. The maximum atomic E-state index is 4.29. The summed E-state index contributed by atoms with van der Waals surface area (Å²) in [6.07, 6.45) is 2.91. The summed E-state index contributed by atoms with van der Waals surface area (Å²) < 4.78 is 3.16. The largest absolute Gasteiger partial charge is 0.316 e. The van der Waals surface area contributed by atoms with Crippen molar-refractivity contribution < 1.29 is 0 Å². The van der Waals surface area contributed by atoms with Gasteiger partial charge in [-0.05, 0) is 35.3 Å². The number of hydrogen-bond donors (Lipinski definition) is 1. The van der Waals surface area contributed by atoms with Crippen molar-refractivity contribution in [3.8, 4) is 0 Å². The molecule has 0 fully saturated rings. The van der Waals surface area contributed by atoms with Gasteiger partial charge in [0, 0.05) is 19.5 Å². The highest BCUT2D eigenvalue weighted by Crippen LogP contribution is 2.16. The smallest absolute Gasteiger partial charge is 0.0635 e. The molecule has 86 valence electrons. The van der Waals surface area contributed by atoms with Crippen molar-refractivity contribution in [2.45, 2.75) is 33.7 Å². The van der Waals surface area contributed by atoms with E-state index in [4.69, 9.17) is 0 Å². The van der Waals surface area contributed by atoms with Crippen LogP contribution >= 0.6 is 15.9 Å². The fourth-order valence-corrected chi connectivity index (χ4v) is 2.00. The fourth-order valence-electron chi connectivity index (χ4n) is 1.51. The Hall–Kier alpha value is -0.350. The second kappa shape index (κ2) is 6.28. The van der Waals surface area contributed by atoms with Crippen LogP contribution < -0.4 is 5.32 Å². The first-order valence-corrected chi connectivity index (χ1v) is 6.35. The molecule has 1 aromatic rings. The Balaban J connectivity index is 2.39. The number of aromatic nitrogens is 2. The van der Waals surface area contributed by atoms with Gasteiger partial charge in [-0.25, -0.2) is 0 Å². The predicted molar refractivity (Wildman–Crippen MR) is 67.0 cm³/mol. The van der Waals surface area contributed by atoms with Crippen LogP contribution in [0.3, 0.4) is 0 Å². The van der Waals surface area contributed by atoms with E-state index in [9.17, 15) is 0 Å². The summed E-state index contributed by atoms with van der Waals surface area (Å²) in [5.41, 5.74) is 1.29. The minimum absolute atomic E-state index is 0.713. The lowest BCUT2D eigenvalue weighted by molar-refractivity contribution is 0.540. The molecule has 0 aromatic carbocycles.